The summed E-state index contributed by atoms with van der Waals surface area (Å²) < 4.78 is 0. The Bertz CT molecular complexity index is 499. The number of rotatable bonds is 7. The van der Waals surface area contributed by atoms with Crippen molar-refractivity contribution in [3.63, 3.8) is 0 Å². The van der Waals surface area contributed by atoms with E-state index in [1.54, 1.807) is 6.92 Å². The van der Waals surface area contributed by atoms with Crippen LogP contribution in [0.3, 0.4) is 0 Å². The summed E-state index contributed by atoms with van der Waals surface area (Å²) in [5.74, 6) is -0.400. The third-order valence-electron chi connectivity index (χ3n) is 2.97. The number of nitrogens with two attached hydrogens (primary N) is 1. The highest BCUT2D eigenvalue weighted by atomic mass is 32.1. The van der Waals surface area contributed by atoms with E-state index in [1.165, 1.54) is 11.3 Å². The summed E-state index contributed by atoms with van der Waals surface area (Å²) in [5, 5.41) is 6.00. The van der Waals surface area contributed by atoms with Crippen LogP contribution in [0.25, 0.3) is 0 Å². The molecule has 21 heavy (non-hydrogen) atoms. The summed E-state index contributed by atoms with van der Waals surface area (Å²) in [4.78, 5) is 30.4. The zero-order chi connectivity index (χ0) is 16.0. The lowest BCUT2D eigenvalue weighted by Gasteiger charge is -2.16. The predicted molar refractivity (Wildman–Crippen MR) is 85.7 cm³/mol. The van der Waals surface area contributed by atoms with Gasteiger partial charge in [-0.15, -0.1) is 0 Å². The molecule has 0 aliphatic heterocycles. The van der Waals surface area contributed by atoms with Crippen molar-refractivity contribution in [2.75, 3.05) is 30.3 Å². The van der Waals surface area contributed by atoms with Gasteiger partial charge in [-0.05, 0) is 27.7 Å². The van der Waals surface area contributed by atoms with Crippen LogP contribution in [0.15, 0.2) is 0 Å². The van der Waals surface area contributed by atoms with Crippen molar-refractivity contribution in [3.8, 4) is 0 Å². The number of thiazole rings is 1. The Labute approximate surface area is 128 Å². The Morgan fingerprint density at radius 3 is 2.48 bits per heavy atom. The molecule has 0 saturated heterocycles. The number of carbonyl (C=O) groups is 2. The molecule has 4 N–H and O–H groups in total. The molecular formula is C13H23N5O2S. The van der Waals surface area contributed by atoms with E-state index >= 15 is 0 Å². The minimum absolute atomic E-state index is 0.197. The first-order valence-corrected chi connectivity index (χ1v) is 7.85. The summed E-state index contributed by atoms with van der Waals surface area (Å²) in [7, 11) is 0. The fraction of sp³-hybridized carbons (Fsp3) is 0.615. The third-order valence-corrected chi connectivity index (χ3v) is 4.10. The van der Waals surface area contributed by atoms with Crippen LogP contribution in [0.2, 0.25) is 0 Å². The summed E-state index contributed by atoms with van der Waals surface area (Å²) >= 11 is 1.24. The van der Waals surface area contributed by atoms with E-state index in [1.807, 2.05) is 25.7 Å². The number of hydrogen-bond acceptors (Lipinski definition) is 6. The largest absolute Gasteiger partial charge is 0.382 e. The Kier molecular flexibility index (Phi) is 6.41. The first-order valence-electron chi connectivity index (χ1n) is 7.04. The van der Waals surface area contributed by atoms with Gasteiger partial charge in [0.25, 0.3) is 5.91 Å². The maximum Gasteiger partial charge on any atom is 0.265 e. The van der Waals surface area contributed by atoms with Crippen molar-refractivity contribution < 1.29 is 9.59 Å². The van der Waals surface area contributed by atoms with Crippen LogP contribution >= 0.6 is 11.3 Å². The van der Waals surface area contributed by atoms with Gasteiger partial charge in [-0.1, -0.05) is 11.3 Å². The molecule has 0 aliphatic rings. The highest BCUT2D eigenvalue weighted by molar-refractivity contribution is 7.18. The maximum absolute atomic E-state index is 12.2. The predicted octanol–water partition coefficient (Wildman–Crippen LogP) is 0.826. The molecule has 0 fully saturated rings. The summed E-state index contributed by atoms with van der Waals surface area (Å²) in [5.41, 5.74) is 5.81. The van der Waals surface area contributed by atoms with E-state index in [0.29, 0.717) is 16.6 Å². The van der Waals surface area contributed by atoms with Gasteiger partial charge in [0.2, 0.25) is 5.91 Å². The first kappa shape index (κ1) is 17.2. The Morgan fingerprint density at radius 2 is 1.95 bits per heavy atom. The number of nitrogen functional groups attached to an aromatic ring is 1. The van der Waals surface area contributed by atoms with Crippen LogP contribution in [0.1, 0.15) is 37.4 Å². The average molecular weight is 313 g/mol. The van der Waals surface area contributed by atoms with Gasteiger partial charge < -0.3 is 21.3 Å². The van der Waals surface area contributed by atoms with Gasteiger partial charge in [0, 0.05) is 19.6 Å². The van der Waals surface area contributed by atoms with Gasteiger partial charge in [0.15, 0.2) is 5.13 Å². The Morgan fingerprint density at radius 1 is 1.33 bits per heavy atom. The van der Waals surface area contributed by atoms with E-state index < -0.39 is 6.04 Å². The molecule has 0 bridgehead atoms. The molecule has 1 unspecified atom stereocenters. The number of nitrogens with zero attached hydrogens (tertiary/aromatic N) is 2. The second-order valence-corrected chi connectivity index (χ2v) is 5.45. The molecule has 118 valence electrons. The zero-order valence-corrected chi connectivity index (χ0v) is 13.7. The Balaban J connectivity index is 2.81. The van der Waals surface area contributed by atoms with Crippen molar-refractivity contribution in [1.29, 1.82) is 0 Å². The normalized spacial score (nSPS) is 11.8. The smallest absolute Gasteiger partial charge is 0.265 e. The van der Waals surface area contributed by atoms with Crippen LogP contribution in [-0.4, -0.2) is 42.5 Å². The fourth-order valence-electron chi connectivity index (χ4n) is 1.77. The van der Waals surface area contributed by atoms with E-state index in [-0.39, 0.29) is 17.6 Å². The van der Waals surface area contributed by atoms with Gasteiger partial charge in [0.1, 0.15) is 16.7 Å². The van der Waals surface area contributed by atoms with Crippen molar-refractivity contribution in [3.05, 3.63) is 4.88 Å². The van der Waals surface area contributed by atoms with Crippen LogP contribution < -0.4 is 21.3 Å². The molecule has 2 amide bonds. The molecule has 0 spiro atoms. The topological polar surface area (TPSA) is 100 Å². The molecule has 0 aromatic carbocycles. The van der Waals surface area contributed by atoms with Gasteiger partial charge >= 0.3 is 0 Å². The zero-order valence-electron chi connectivity index (χ0n) is 12.9. The monoisotopic (exact) mass is 313 g/mol. The van der Waals surface area contributed by atoms with Gasteiger partial charge in [-0.3, -0.25) is 9.59 Å². The number of aromatic nitrogens is 1. The molecule has 0 saturated carbocycles. The highest BCUT2D eigenvalue weighted by Crippen LogP contribution is 2.27. The SMILES string of the molecule is CCNC(=O)C(C)NC(=O)c1sc(N(CC)CC)nc1N. The number of carbonyl (C=O) groups excluding carboxylic acids is 2. The molecule has 7 nitrogen and oxygen atoms in total. The third kappa shape index (κ3) is 4.32. The van der Waals surface area contributed by atoms with Crippen molar-refractivity contribution in [2.45, 2.75) is 33.7 Å². The van der Waals surface area contributed by atoms with E-state index in [2.05, 4.69) is 15.6 Å². The van der Waals surface area contributed by atoms with E-state index in [4.69, 9.17) is 5.73 Å². The van der Waals surface area contributed by atoms with Crippen LogP contribution in [-0.2, 0) is 4.79 Å². The van der Waals surface area contributed by atoms with Crippen molar-refractivity contribution in [1.82, 2.24) is 15.6 Å². The first-order chi connectivity index (χ1) is 9.94. The van der Waals surface area contributed by atoms with Gasteiger partial charge in [-0.2, -0.15) is 0 Å². The number of nitrogens with one attached hydrogen (secondary N) is 2. The average Bonchev–Trinajstić information content (AvgIpc) is 2.82. The van der Waals surface area contributed by atoms with Crippen LogP contribution in [0.5, 0.6) is 0 Å². The van der Waals surface area contributed by atoms with Crippen LogP contribution in [0, 0.1) is 0 Å². The second kappa shape index (κ2) is 7.82. The molecule has 0 radical (unpaired) electrons. The molecular weight excluding hydrogens is 290 g/mol. The summed E-state index contributed by atoms with van der Waals surface area (Å²) in [6.07, 6.45) is 0. The fourth-order valence-corrected chi connectivity index (χ4v) is 2.78. The lowest BCUT2D eigenvalue weighted by atomic mass is 10.3. The minimum Gasteiger partial charge on any atom is -0.382 e. The lowest BCUT2D eigenvalue weighted by molar-refractivity contribution is -0.122. The van der Waals surface area contributed by atoms with Gasteiger partial charge in [0.05, 0.1) is 0 Å². The van der Waals surface area contributed by atoms with Gasteiger partial charge in [-0.25, -0.2) is 4.98 Å². The van der Waals surface area contributed by atoms with Crippen LogP contribution in [0.4, 0.5) is 10.9 Å². The maximum atomic E-state index is 12.2. The summed E-state index contributed by atoms with van der Waals surface area (Å²) in [6, 6.07) is -0.615. The molecule has 1 rings (SSSR count). The van der Waals surface area contributed by atoms with Crippen molar-refractivity contribution >= 4 is 34.1 Å². The molecule has 1 aromatic rings. The quantitative estimate of drug-likeness (QED) is 0.692. The molecule has 1 heterocycles. The second-order valence-electron chi connectivity index (χ2n) is 4.47. The number of anilines is 2. The molecule has 1 aromatic heterocycles. The summed E-state index contributed by atoms with van der Waals surface area (Å²) in [6.45, 7) is 9.58. The minimum atomic E-state index is -0.615. The van der Waals surface area contributed by atoms with E-state index in [9.17, 15) is 9.59 Å². The molecule has 1 atom stereocenters. The molecule has 8 heteroatoms. The standard InChI is InChI=1S/C13H23N5O2S/c1-5-15-11(19)8(4)16-12(20)9-10(14)17-13(21-9)18(6-2)7-3/h8H,5-7,14H2,1-4H3,(H,15,19)(H,16,20). The number of amides is 2. The Hall–Kier alpha value is -1.83. The number of likely N-dealkylation sites (N-methyl/N-ethyl adjacent to an activating group) is 1. The van der Waals surface area contributed by atoms with Crippen molar-refractivity contribution in [2.24, 2.45) is 0 Å². The lowest BCUT2D eigenvalue weighted by Crippen LogP contribution is -2.44. The number of hydrogen-bond donors (Lipinski definition) is 3. The highest BCUT2D eigenvalue weighted by Gasteiger charge is 2.22. The van der Waals surface area contributed by atoms with E-state index in [0.717, 1.165) is 13.1 Å². The molecule has 0 aliphatic carbocycles.